The number of hydrogen-bond donors (Lipinski definition) is 1. The molecule has 0 atom stereocenters. The Hall–Kier alpha value is -0.690. The molecule has 6 heteroatoms. The lowest BCUT2D eigenvalue weighted by atomic mass is 10.3. The van der Waals surface area contributed by atoms with Crippen LogP contribution in [0.2, 0.25) is 0 Å². The highest BCUT2D eigenvalue weighted by molar-refractivity contribution is 5.69. The molecular formula is C13H26N4O2. The van der Waals surface area contributed by atoms with Gasteiger partial charge in [0, 0.05) is 65.4 Å². The zero-order valence-corrected chi connectivity index (χ0v) is 11.9. The third-order valence-corrected chi connectivity index (χ3v) is 4.15. The number of piperazine rings is 2. The number of carboxylic acids is 1. The van der Waals surface area contributed by atoms with Crippen molar-refractivity contribution in [3.63, 3.8) is 0 Å². The summed E-state index contributed by atoms with van der Waals surface area (Å²) < 4.78 is 0. The number of nitrogens with zero attached hydrogens (tertiary/aromatic N) is 4. The van der Waals surface area contributed by atoms with E-state index in [1.54, 1.807) is 0 Å². The summed E-state index contributed by atoms with van der Waals surface area (Å²) in [7, 11) is 2.18. The predicted molar refractivity (Wildman–Crippen MR) is 74.5 cm³/mol. The fourth-order valence-electron chi connectivity index (χ4n) is 2.72. The van der Waals surface area contributed by atoms with Crippen molar-refractivity contribution in [2.45, 2.75) is 0 Å². The van der Waals surface area contributed by atoms with Crippen LogP contribution < -0.4 is 0 Å². The molecule has 2 saturated heterocycles. The number of hydrogen-bond acceptors (Lipinski definition) is 5. The van der Waals surface area contributed by atoms with Crippen molar-refractivity contribution in [2.75, 3.05) is 79.0 Å². The maximum absolute atomic E-state index is 10.6. The van der Waals surface area contributed by atoms with Crippen molar-refractivity contribution >= 4 is 5.97 Å². The van der Waals surface area contributed by atoms with E-state index < -0.39 is 5.97 Å². The Balaban J connectivity index is 1.59. The minimum Gasteiger partial charge on any atom is -0.480 e. The fraction of sp³-hybridized carbons (Fsp3) is 0.923. The summed E-state index contributed by atoms with van der Waals surface area (Å²) in [4.78, 5) is 20.0. The summed E-state index contributed by atoms with van der Waals surface area (Å²) in [5.74, 6) is -0.717. The third-order valence-electron chi connectivity index (χ3n) is 4.15. The number of carbonyl (C=O) groups is 1. The summed E-state index contributed by atoms with van der Waals surface area (Å²) in [5.41, 5.74) is 0. The summed E-state index contributed by atoms with van der Waals surface area (Å²) in [6, 6.07) is 0. The second-order valence-corrected chi connectivity index (χ2v) is 5.66. The van der Waals surface area contributed by atoms with Crippen molar-refractivity contribution < 1.29 is 9.90 Å². The molecule has 0 aliphatic carbocycles. The standard InChI is InChI=1S/C13H26N4O2/c1-14-2-4-15(5-3-14)6-7-16-8-10-17(11-9-16)12-13(18)19/h2-12H2,1H3,(H,18,19). The second kappa shape index (κ2) is 7.19. The van der Waals surface area contributed by atoms with Crippen molar-refractivity contribution in [2.24, 2.45) is 0 Å². The monoisotopic (exact) mass is 270 g/mol. The Labute approximate surface area is 115 Å². The zero-order chi connectivity index (χ0) is 13.7. The van der Waals surface area contributed by atoms with E-state index in [1.807, 2.05) is 4.90 Å². The SMILES string of the molecule is CN1CCN(CCN2CCN(CC(=O)O)CC2)CC1. The minimum atomic E-state index is -0.717. The van der Waals surface area contributed by atoms with E-state index in [0.717, 1.165) is 39.3 Å². The molecule has 0 aromatic rings. The smallest absolute Gasteiger partial charge is 0.317 e. The maximum atomic E-state index is 10.6. The first-order valence-electron chi connectivity index (χ1n) is 7.21. The molecule has 2 aliphatic rings. The van der Waals surface area contributed by atoms with E-state index in [0.29, 0.717) is 0 Å². The van der Waals surface area contributed by atoms with Gasteiger partial charge in [0.15, 0.2) is 0 Å². The number of aliphatic carboxylic acids is 1. The number of carboxylic acid groups (broad SMARTS) is 1. The van der Waals surface area contributed by atoms with Crippen molar-refractivity contribution in [1.82, 2.24) is 19.6 Å². The van der Waals surface area contributed by atoms with Crippen LogP contribution in [0.3, 0.4) is 0 Å². The molecule has 0 saturated carbocycles. The molecule has 2 aliphatic heterocycles. The van der Waals surface area contributed by atoms with Gasteiger partial charge in [-0.3, -0.25) is 19.5 Å². The van der Waals surface area contributed by atoms with E-state index >= 15 is 0 Å². The van der Waals surface area contributed by atoms with Gasteiger partial charge in [-0.05, 0) is 7.05 Å². The van der Waals surface area contributed by atoms with Crippen molar-refractivity contribution in [1.29, 1.82) is 0 Å². The van der Waals surface area contributed by atoms with Gasteiger partial charge in [-0.25, -0.2) is 0 Å². The molecule has 0 unspecified atom stereocenters. The molecule has 0 bridgehead atoms. The highest BCUT2D eigenvalue weighted by atomic mass is 16.4. The zero-order valence-electron chi connectivity index (χ0n) is 11.9. The molecule has 0 amide bonds. The molecule has 0 radical (unpaired) electrons. The topological polar surface area (TPSA) is 50.3 Å². The van der Waals surface area contributed by atoms with Crippen molar-refractivity contribution in [3.8, 4) is 0 Å². The summed E-state index contributed by atoms with van der Waals surface area (Å²) in [6.07, 6.45) is 0. The Morgan fingerprint density at radius 1 is 0.842 bits per heavy atom. The minimum absolute atomic E-state index is 0.187. The van der Waals surface area contributed by atoms with Gasteiger partial charge >= 0.3 is 5.97 Å². The Morgan fingerprint density at radius 3 is 1.74 bits per heavy atom. The van der Waals surface area contributed by atoms with Gasteiger partial charge in [-0.15, -0.1) is 0 Å². The normalized spacial score (nSPS) is 24.7. The van der Waals surface area contributed by atoms with Gasteiger partial charge in [0.25, 0.3) is 0 Å². The summed E-state index contributed by atoms with van der Waals surface area (Å²) in [6.45, 7) is 10.9. The summed E-state index contributed by atoms with van der Waals surface area (Å²) >= 11 is 0. The van der Waals surface area contributed by atoms with Crippen LogP contribution in [0.25, 0.3) is 0 Å². The predicted octanol–water partition coefficient (Wildman–Crippen LogP) is -1.06. The van der Waals surface area contributed by atoms with Crippen LogP contribution in [0.5, 0.6) is 0 Å². The van der Waals surface area contributed by atoms with Gasteiger partial charge in [0.05, 0.1) is 6.54 Å². The first-order chi connectivity index (χ1) is 9.13. The van der Waals surface area contributed by atoms with Crippen LogP contribution in [-0.2, 0) is 4.79 Å². The average Bonchev–Trinajstić information content (AvgIpc) is 2.39. The molecule has 0 aromatic carbocycles. The van der Waals surface area contributed by atoms with Crippen LogP contribution in [-0.4, -0.2) is 110 Å². The second-order valence-electron chi connectivity index (χ2n) is 5.66. The first-order valence-corrected chi connectivity index (χ1v) is 7.21. The van der Waals surface area contributed by atoms with Crippen LogP contribution in [0.15, 0.2) is 0 Å². The van der Waals surface area contributed by atoms with Crippen molar-refractivity contribution in [3.05, 3.63) is 0 Å². The first kappa shape index (κ1) is 14.7. The lowest BCUT2D eigenvalue weighted by Crippen LogP contribution is -2.51. The maximum Gasteiger partial charge on any atom is 0.317 e. The molecule has 110 valence electrons. The largest absolute Gasteiger partial charge is 0.480 e. The Kier molecular flexibility index (Phi) is 5.57. The van der Waals surface area contributed by atoms with Crippen LogP contribution in [0, 0.1) is 0 Å². The van der Waals surface area contributed by atoms with Gasteiger partial charge in [-0.2, -0.15) is 0 Å². The van der Waals surface area contributed by atoms with E-state index in [-0.39, 0.29) is 6.54 Å². The van der Waals surface area contributed by atoms with E-state index in [4.69, 9.17) is 5.11 Å². The quantitative estimate of drug-likeness (QED) is 0.687. The Morgan fingerprint density at radius 2 is 1.26 bits per heavy atom. The molecule has 2 heterocycles. The van der Waals surface area contributed by atoms with Gasteiger partial charge < -0.3 is 10.0 Å². The van der Waals surface area contributed by atoms with Crippen LogP contribution in [0.4, 0.5) is 0 Å². The van der Waals surface area contributed by atoms with Crippen LogP contribution in [0.1, 0.15) is 0 Å². The molecule has 2 fully saturated rings. The van der Waals surface area contributed by atoms with Gasteiger partial charge in [-0.1, -0.05) is 0 Å². The third kappa shape index (κ3) is 5.06. The highest BCUT2D eigenvalue weighted by Gasteiger charge is 2.20. The molecule has 19 heavy (non-hydrogen) atoms. The van der Waals surface area contributed by atoms with E-state index in [2.05, 4.69) is 21.7 Å². The average molecular weight is 270 g/mol. The molecule has 0 aromatic heterocycles. The number of likely N-dealkylation sites (N-methyl/N-ethyl adjacent to an activating group) is 1. The molecule has 1 N–H and O–H groups in total. The lowest BCUT2D eigenvalue weighted by Gasteiger charge is -2.37. The van der Waals surface area contributed by atoms with E-state index in [9.17, 15) is 4.79 Å². The van der Waals surface area contributed by atoms with Gasteiger partial charge in [0.1, 0.15) is 0 Å². The molecule has 0 spiro atoms. The lowest BCUT2D eigenvalue weighted by molar-refractivity contribution is -0.138. The summed E-state index contributed by atoms with van der Waals surface area (Å²) in [5, 5.41) is 8.76. The molecular weight excluding hydrogens is 244 g/mol. The highest BCUT2D eigenvalue weighted by Crippen LogP contribution is 2.03. The van der Waals surface area contributed by atoms with E-state index in [1.165, 1.54) is 26.2 Å². The molecule has 2 rings (SSSR count). The number of rotatable bonds is 5. The fourth-order valence-corrected chi connectivity index (χ4v) is 2.72. The Bertz CT molecular complexity index is 284. The van der Waals surface area contributed by atoms with Gasteiger partial charge in [0.2, 0.25) is 0 Å². The molecule has 6 nitrogen and oxygen atoms in total. The van der Waals surface area contributed by atoms with Crippen LogP contribution >= 0.6 is 0 Å².